The standard InChI is InChI=1S/C9H6NOS/c11-8-3-1-7(2-4-8)9-5-12-6-10-9/h1-6H. The van der Waals surface area contributed by atoms with E-state index in [1.54, 1.807) is 41.1 Å². The molecule has 1 radical (unpaired) electrons. The average Bonchev–Trinajstić information content (AvgIpc) is 2.58. The molecule has 0 saturated carbocycles. The summed E-state index contributed by atoms with van der Waals surface area (Å²) in [7, 11) is 0. The first kappa shape index (κ1) is 7.31. The van der Waals surface area contributed by atoms with Crippen LogP contribution in [0.2, 0.25) is 0 Å². The minimum atomic E-state index is 0.0361. The normalized spacial score (nSPS) is 10.0. The van der Waals surface area contributed by atoms with Gasteiger partial charge in [-0.05, 0) is 24.3 Å². The van der Waals surface area contributed by atoms with Crippen LogP contribution in [-0.2, 0) is 5.11 Å². The summed E-state index contributed by atoms with van der Waals surface area (Å²) >= 11 is 1.55. The first-order valence-corrected chi connectivity index (χ1v) is 4.46. The van der Waals surface area contributed by atoms with E-state index in [9.17, 15) is 5.11 Å². The summed E-state index contributed by atoms with van der Waals surface area (Å²) in [4.78, 5) is 4.13. The lowest BCUT2D eigenvalue weighted by atomic mass is 10.2. The minimum absolute atomic E-state index is 0.0361. The second kappa shape index (κ2) is 2.95. The van der Waals surface area contributed by atoms with Crippen LogP contribution >= 0.6 is 11.3 Å². The van der Waals surface area contributed by atoms with E-state index in [0.717, 1.165) is 11.3 Å². The lowest BCUT2D eigenvalue weighted by Gasteiger charge is -1.93. The van der Waals surface area contributed by atoms with E-state index < -0.39 is 0 Å². The van der Waals surface area contributed by atoms with Gasteiger partial charge in [-0.1, -0.05) is 0 Å². The molecule has 2 aromatic rings. The monoisotopic (exact) mass is 176 g/mol. The van der Waals surface area contributed by atoms with Crippen molar-refractivity contribution in [1.29, 1.82) is 0 Å². The van der Waals surface area contributed by atoms with Gasteiger partial charge >= 0.3 is 0 Å². The fraction of sp³-hybridized carbons (Fsp3) is 0. The van der Waals surface area contributed by atoms with Gasteiger partial charge in [0.25, 0.3) is 0 Å². The third kappa shape index (κ3) is 1.31. The second-order valence-electron chi connectivity index (χ2n) is 2.40. The van der Waals surface area contributed by atoms with Crippen LogP contribution in [-0.4, -0.2) is 4.98 Å². The molecule has 0 bridgehead atoms. The van der Waals surface area contributed by atoms with Crippen molar-refractivity contribution in [2.75, 3.05) is 0 Å². The predicted octanol–water partition coefficient (Wildman–Crippen LogP) is 2.95. The van der Waals surface area contributed by atoms with Crippen LogP contribution in [0.5, 0.6) is 5.75 Å². The topological polar surface area (TPSA) is 32.8 Å². The molecule has 1 aromatic carbocycles. The van der Waals surface area contributed by atoms with Gasteiger partial charge in [-0.15, -0.1) is 11.3 Å². The Morgan fingerprint density at radius 1 is 1.17 bits per heavy atom. The molecule has 0 unspecified atom stereocenters. The Balaban J connectivity index is 2.43. The van der Waals surface area contributed by atoms with Crippen molar-refractivity contribution in [3.63, 3.8) is 0 Å². The second-order valence-corrected chi connectivity index (χ2v) is 3.12. The molecule has 0 aliphatic carbocycles. The lowest BCUT2D eigenvalue weighted by molar-refractivity contribution is 0.355. The molecule has 2 rings (SSSR count). The Labute approximate surface area is 74.1 Å². The third-order valence-electron chi connectivity index (χ3n) is 1.58. The summed E-state index contributed by atoms with van der Waals surface area (Å²) in [5.41, 5.74) is 3.70. The first-order valence-electron chi connectivity index (χ1n) is 3.52. The minimum Gasteiger partial charge on any atom is -0.290 e. The summed E-state index contributed by atoms with van der Waals surface area (Å²) in [5.74, 6) is 0.0361. The van der Waals surface area contributed by atoms with E-state index in [0.29, 0.717) is 0 Å². The molecule has 59 valence electrons. The van der Waals surface area contributed by atoms with Gasteiger partial charge in [0.15, 0.2) is 5.75 Å². The van der Waals surface area contributed by atoms with E-state index >= 15 is 0 Å². The highest BCUT2D eigenvalue weighted by atomic mass is 32.1. The maximum atomic E-state index is 10.8. The molecule has 0 saturated heterocycles. The van der Waals surface area contributed by atoms with Crippen LogP contribution in [0.1, 0.15) is 0 Å². The van der Waals surface area contributed by atoms with Gasteiger partial charge in [0.2, 0.25) is 0 Å². The molecule has 0 aliphatic heterocycles. The highest BCUT2D eigenvalue weighted by molar-refractivity contribution is 7.07. The molecule has 1 aromatic heterocycles. The molecular formula is C9H6NOS. The molecule has 0 aliphatic rings. The maximum absolute atomic E-state index is 10.8. The van der Waals surface area contributed by atoms with Crippen LogP contribution < -0.4 is 0 Å². The number of thiazole rings is 1. The molecule has 2 nitrogen and oxygen atoms in total. The van der Waals surface area contributed by atoms with Gasteiger partial charge < -0.3 is 0 Å². The van der Waals surface area contributed by atoms with Gasteiger partial charge in [0.1, 0.15) is 0 Å². The number of hydrogen-bond acceptors (Lipinski definition) is 2. The fourth-order valence-corrected chi connectivity index (χ4v) is 1.54. The van der Waals surface area contributed by atoms with Crippen molar-refractivity contribution in [2.45, 2.75) is 0 Å². The van der Waals surface area contributed by atoms with E-state index in [-0.39, 0.29) is 5.75 Å². The van der Waals surface area contributed by atoms with Crippen LogP contribution in [0.15, 0.2) is 35.2 Å². The van der Waals surface area contributed by atoms with Gasteiger partial charge in [0.05, 0.1) is 11.2 Å². The van der Waals surface area contributed by atoms with Crippen molar-refractivity contribution < 1.29 is 5.11 Å². The highest BCUT2D eigenvalue weighted by Crippen LogP contribution is 2.21. The molecule has 0 spiro atoms. The number of benzene rings is 1. The number of nitrogens with zero attached hydrogens (tertiary/aromatic N) is 1. The Morgan fingerprint density at radius 2 is 1.92 bits per heavy atom. The quantitative estimate of drug-likeness (QED) is 0.657. The SMILES string of the molecule is [O]c1ccc(-c2cscn2)cc1. The van der Waals surface area contributed by atoms with Crippen molar-refractivity contribution in [1.82, 2.24) is 4.98 Å². The third-order valence-corrected chi connectivity index (χ3v) is 2.17. The van der Waals surface area contributed by atoms with Crippen molar-refractivity contribution in [3.8, 4) is 17.0 Å². The molecule has 1 heterocycles. The summed E-state index contributed by atoms with van der Waals surface area (Å²) in [6, 6.07) is 6.68. The zero-order chi connectivity index (χ0) is 8.39. The number of rotatable bonds is 1. The van der Waals surface area contributed by atoms with Gasteiger partial charge in [-0.2, -0.15) is 0 Å². The van der Waals surface area contributed by atoms with Gasteiger partial charge in [0, 0.05) is 10.9 Å². The summed E-state index contributed by atoms with van der Waals surface area (Å²) in [5, 5.41) is 12.7. The maximum Gasteiger partial charge on any atom is 0.178 e. The van der Waals surface area contributed by atoms with E-state index in [4.69, 9.17) is 0 Å². The van der Waals surface area contributed by atoms with Crippen LogP contribution in [0.4, 0.5) is 0 Å². The Hall–Kier alpha value is -1.35. The Morgan fingerprint density at radius 3 is 2.50 bits per heavy atom. The van der Waals surface area contributed by atoms with Crippen LogP contribution in [0.3, 0.4) is 0 Å². The first-order chi connectivity index (χ1) is 5.86. The molecule has 0 atom stereocenters. The molecule has 0 amide bonds. The molecule has 0 N–H and O–H groups in total. The van der Waals surface area contributed by atoms with E-state index in [1.807, 2.05) is 5.38 Å². The smallest absolute Gasteiger partial charge is 0.178 e. The highest BCUT2D eigenvalue weighted by Gasteiger charge is 1.98. The van der Waals surface area contributed by atoms with Crippen LogP contribution in [0, 0.1) is 0 Å². The average molecular weight is 176 g/mol. The van der Waals surface area contributed by atoms with E-state index in [1.165, 1.54) is 0 Å². The van der Waals surface area contributed by atoms with E-state index in [2.05, 4.69) is 4.98 Å². The number of aromatic nitrogens is 1. The summed E-state index contributed by atoms with van der Waals surface area (Å²) in [6.07, 6.45) is 0. The summed E-state index contributed by atoms with van der Waals surface area (Å²) < 4.78 is 0. The van der Waals surface area contributed by atoms with Crippen LogP contribution in [0.25, 0.3) is 11.3 Å². The molecular weight excluding hydrogens is 170 g/mol. The van der Waals surface area contributed by atoms with Gasteiger partial charge in [-0.3, -0.25) is 5.11 Å². The summed E-state index contributed by atoms with van der Waals surface area (Å²) in [6.45, 7) is 0. The number of hydrogen-bond donors (Lipinski definition) is 0. The largest absolute Gasteiger partial charge is 0.290 e. The Kier molecular flexibility index (Phi) is 1.80. The molecule has 3 heteroatoms. The zero-order valence-electron chi connectivity index (χ0n) is 6.23. The Bertz CT molecular complexity index is 353. The van der Waals surface area contributed by atoms with Crippen molar-refractivity contribution >= 4 is 11.3 Å². The zero-order valence-corrected chi connectivity index (χ0v) is 7.04. The van der Waals surface area contributed by atoms with Crippen molar-refractivity contribution in [3.05, 3.63) is 35.2 Å². The molecule has 0 fully saturated rings. The molecule has 12 heavy (non-hydrogen) atoms. The fourth-order valence-electron chi connectivity index (χ4n) is 0.981. The van der Waals surface area contributed by atoms with Crippen molar-refractivity contribution in [2.24, 2.45) is 0 Å². The lowest BCUT2D eigenvalue weighted by Crippen LogP contribution is -1.74. The predicted molar refractivity (Wildman–Crippen MR) is 47.7 cm³/mol. The van der Waals surface area contributed by atoms with Gasteiger partial charge in [-0.25, -0.2) is 4.98 Å².